The van der Waals surface area contributed by atoms with Gasteiger partial charge in [0.05, 0.1) is 0 Å². The van der Waals surface area contributed by atoms with E-state index in [4.69, 9.17) is 35.5 Å². The quantitative estimate of drug-likeness (QED) is 0.358. The first-order valence-electron chi connectivity index (χ1n) is 0.671. The summed E-state index contributed by atoms with van der Waals surface area (Å²) in [6.07, 6.45) is 0. The summed E-state index contributed by atoms with van der Waals surface area (Å²) in [6, 6.07) is 0. The summed E-state index contributed by atoms with van der Waals surface area (Å²) in [5.74, 6) is 0. The Morgan fingerprint density at radius 3 is 0.625 bits per heavy atom. The fourth-order valence-corrected chi connectivity index (χ4v) is 0. The van der Waals surface area contributed by atoms with Gasteiger partial charge in [-0.05, 0) is 0 Å². The molecule has 0 rings (SSSR count). The second-order valence-corrected chi connectivity index (χ2v) is 0. The molecule has 0 heterocycles. The van der Waals surface area contributed by atoms with E-state index >= 15 is 0 Å². The van der Waals surface area contributed by atoms with Crippen molar-refractivity contribution in [3.63, 3.8) is 0 Å². The Bertz CT molecular complexity index is 43.0. The molecule has 0 N–H and O–H groups in total. The van der Waals surface area contributed by atoms with E-state index in [1.807, 2.05) is 0 Å². The molecular formula is C3AuN3Pb. The van der Waals surface area contributed by atoms with Crippen molar-refractivity contribution in [2.45, 2.75) is 0 Å². The molecule has 3 nitrogen and oxygen atoms in total. The fourth-order valence-electron chi connectivity index (χ4n) is 0. The van der Waals surface area contributed by atoms with Crippen molar-refractivity contribution < 1.29 is 22.4 Å². The summed E-state index contributed by atoms with van der Waals surface area (Å²) >= 11 is 0. The van der Waals surface area contributed by atoms with Gasteiger partial charge in [0, 0.05) is 27.3 Å². The number of hydrogen-bond acceptors (Lipinski definition) is 3. The van der Waals surface area contributed by atoms with Gasteiger partial charge in [0.1, 0.15) is 0 Å². The molecule has 4 radical (unpaired) electrons. The summed E-state index contributed by atoms with van der Waals surface area (Å²) < 4.78 is 0. The molecule has 0 saturated heterocycles. The third-order valence-corrected chi connectivity index (χ3v) is 0. The number of nitrogens with zero attached hydrogens (tertiary/aromatic N) is 3. The molecule has 8 heavy (non-hydrogen) atoms. The molecule has 0 aliphatic heterocycles. The van der Waals surface area contributed by atoms with Gasteiger partial charge in [-0.25, -0.2) is 0 Å². The van der Waals surface area contributed by atoms with Gasteiger partial charge in [0.2, 0.25) is 0 Å². The molecule has 0 amide bonds. The third-order valence-electron chi connectivity index (χ3n) is 0. The first kappa shape index (κ1) is 42.2. The minimum absolute atomic E-state index is 0. The van der Waals surface area contributed by atoms with Crippen LogP contribution in [-0.2, 0) is 22.4 Å². The van der Waals surface area contributed by atoms with E-state index in [0.717, 1.165) is 0 Å². The van der Waals surface area contributed by atoms with Gasteiger partial charge in [-0.2, -0.15) is 0 Å². The minimum atomic E-state index is 0. The molecule has 0 aromatic heterocycles. The van der Waals surface area contributed by atoms with Gasteiger partial charge >= 0.3 is 22.4 Å². The van der Waals surface area contributed by atoms with Crippen molar-refractivity contribution in [3.8, 4) is 0 Å². The summed E-state index contributed by atoms with van der Waals surface area (Å²) in [4.78, 5) is 0. The molecule has 0 aliphatic rings. The van der Waals surface area contributed by atoms with E-state index in [2.05, 4.69) is 0 Å². The molecule has 0 fully saturated rings. The average molecular weight is 482 g/mol. The number of rotatable bonds is 0. The Labute approximate surface area is 84.6 Å². The van der Waals surface area contributed by atoms with Crippen LogP contribution >= 0.6 is 0 Å². The maximum Gasteiger partial charge on any atom is 3.00 e. The summed E-state index contributed by atoms with van der Waals surface area (Å²) in [7, 11) is 0. The van der Waals surface area contributed by atoms with Crippen LogP contribution in [0, 0.1) is 35.5 Å². The second kappa shape index (κ2) is 15300. The van der Waals surface area contributed by atoms with E-state index in [1.54, 1.807) is 0 Å². The molecule has 42 valence electrons. The van der Waals surface area contributed by atoms with E-state index in [-0.39, 0.29) is 49.7 Å². The summed E-state index contributed by atoms with van der Waals surface area (Å²) in [5.41, 5.74) is 0. The van der Waals surface area contributed by atoms with Gasteiger partial charge in [-0.1, -0.05) is 0 Å². The molecule has 0 aliphatic carbocycles. The second-order valence-electron chi connectivity index (χ2n) is 0. The molecule has 0 atom stereocenters. The van der Waals surface area contributed by atoms with Crippen LogP contribution in [0.3, 0.4) is 0 Å². The molecule has 0 aromatic rings. The van der Waals surface area contributed by atoms with E-state index in [0.29, 0.717) is 0 Å². The van der Waals surface area contributed by atoms with E-state index < -0.39 is 0 Å². The topological polar surface area (TPSA) is 71.4 Å². The summed E-state index contributed by atoms with van der Waals surface area (Å²) in [5, 5.41) is 18.8. The van der Waals surface area contributed by atoms with Crippen LogP contribution in [0.2, 0.25) is 0 Å². The van der Waals surface area contributed by atoms with Gasteiger partial charge in [0.15, 0.2) is 0 Å². The van der Waals surface area contributed by atoms with Crippen molar-refractivity contribution in [2.24, 2.45) is 0 Å². The maximum absolute atomic E-state index is 6.25. The van der Waals surface area contributed by atoms with E-state index in [1.165, 1.54) is 0 Å². The van der Waals surface area contributed by atoms with Crippen LogP contribution in [0.4, 0.5) is 0 Å². The molecule has 5 heteroatoms. The SMILES string of the molecule is [Au+3].[C-]#N.[C-]#N.[C-]#N.[Pb]. The van der Waals surface area contributed by atoms with Gasteiger partial charge < -0.3 is 35.5 Å². The van der Waals surface area contributed by atoms with Crippen molar-refractivity contribution in [1.82, 2.24) is 0 Å². The van der Waals surface area contributed by atoms with Crippen LogP contribution in [0.5, 0.6) is 0 Å². The van der Waals surface area contributed by atoms with E-state index in [9.17, 15) is 0 Å². The maximum atomic E-state index is 6.25. The molecule has 0 aromatic carbocycles. The van der Waals surface area contributed by atoms with Crippen molar-refractivity contribution in [1.29, 1.82) is 15.8 Å². The zero-order valence-corrected chi connectivity index (χ0v) is 9.70. The monoisotopic (exact) mass is 483 g/mol. The largest absolute Gasteiger partial charge is 3.00 e. The van der Waals surface area contributed by atoms with Crippen LogP contribution in [0.25, 0.3) is 0 Å². The smallest absolute Gasteiger partial charge is 0.512 e. The summed E-state index contributed by atoms with van der Waals surface area (Å²) in [6.45, 7) is 14.2. The van der Waals surface area contributed by atoms with Crippen LogP contribution in [0.1, 0.15) is 0 Å². The fraction of sp³-hybridized carbons (Fsp3) is 0. The Balaban J connectivity index is -0.00000000500. The first-order chi connectivity index (χ1) is 3.00. The molecule has 0 bridgehead atoms. The number of hydrogen-bond donors (Lipinski definition) is 0. The normalized spacial score (nSPS) is 0.750. The Morgan fingerprint density at radius 1 is 0.625 bits per heavy atom. The van der Waals surface area contributed by atoms with Gasteiger partial charge in [0.25, 0.3) is 0 Å². The zero-order chi connectivity index (χ0) is 6.00. The Kier molecular flexibility index (Phi) is 80700. The molecular weight excluding hydrogens is 482 g/mol. The van der Waals surface area contributed by atoms with Crippen LogP contribution in [-0.4, -0.2) is 27.3 Å². The Morgan fingerprint density at radius 2 is 0.625 bits per heavy atom. The standard InChI is InChI=1S/3CN.Au.Pb/c3*1-2;;/q3*-1;+3;. The van der Waals surface area contributed by atoms with Gasteiger partial charge in [-0.15, -0.1) is 0 Å². The molecule has 0 saturated carbocycles. The van der Waals surface area contributed by atoms with Gasteiger partial charge in [-0.3, -0.25) is 0 Å². The molecule has 0 spiro atoms. The minimum Gasteiger partial charge on any atom is -0.512 e. The predicted octanol–water partition coefficient (Wildman–Crippen LogP) is -0.0942. The van der Waals surface area contributed by atoms with Crippen LogP contribution in [0.15, 0.2) is 0 Å². The Hall–Kier alpha value is 0.132. The average Bonchev–Trinajstić information content (AvgIpc) is 1.81. The van der Waals surface area contributed by atoms with Crippen molar-refractivity contribution in [2.75, 3.05) is 0 Å². The zero-order valence-electron chi connectivity index (χ0n) is 3.64. The van der Waals surface area contributed by atoms with Crippen molar-refractivity contribution >= 4 is 27.3 Å². The van der Waals surface area contributed by atoms with Crippen LogP contribution < -0.4 is 0 Å². The van der Waals surface area contributed by atoms with Crippen molar-refractivity contribution in [3.05, 3.63) is 19.7 Å². The molecule has 0 unspecified atom stereocenters. The first-order valence-corrected chi connectivity index (χ1v) is 0.671. The third kappa shape index (κ3) is 9220. The predicted molar refractivity (Wildman–Crippen MR) is 20.7 cm³/mol.